The molecule has 2 aromatic carbocycles. The third kappa shape index (κ3) is 4.38. The molecule has 2 atom stereocenters. The fourth-order valence-corrected chi connectivity index (χ4v) is 2.57. The number of hydrogen-bond acceptors (Lipinski definition) is 2. The summed E-state index contributed by atoms with van der Waals surface area (Å²) in [7, 11) is 2.01. The van der Waals surface area contributed by atoms with Crippen molar-refractivity contribution < 1.29 is 9.50 Å². The van der Waals surface area contributed by atoms with Gasteiger partial charge in [0.05, 0.1) is 6.10 Å². The molecule has 0 aliphatic carbocycles. The molecular formula is C18H22FNO. The van der Waals surface area contributed by atoms with Crippen LogP contribution in [0.3, 0.4) is 0 Å². The first-order valence-electron chi connectivity index (χ1n) is 7.23. The summed E-state index contributed by atoms with van der Waals surface area (Å²) in [4.78, 5) is 2.14. The fourth-order valence-electron chi connectivity index (χ4n) is 2.57. The van der Waals surface area contributed by atoms with Gasteiger partial charge < -0.3 is 10.0 Å². The highest BCUT2D eigenvalue weighted by molar-refractivity contribution is 5.20. The molecule has 0 aliphatic heterocycles. The van der Waals surface area contributed by atoms with Crippen molar-refractivity contribution >= 4 is 0 Å². The lowest BCUT2D eigenvalue weighted by Gasteiger charge is -2.25. The minimum Gasteiger partial charge on any atom is -0.388 e. The molecule has 0 saturated carbocycles. The van der Waals surface area contributed by atoms with Crippen molar-refractivity contribution in [3.8, 4) is 0 Å². The first-order chi connectivity index (χ1) is 10.1. The van der Waals surface area contributed by atoms with E-state index in [4.69, 9.17) is 0 Å². The van der Waals surface area contributed by atoms with Crippen LogP contribution in [0.2, 0.25) is 0 Å². The lowest BCUT2D eigenvalue weighted by molar-refractivity contribution is 0.0902. The molecule has 0 aliphatic rings. The van der Waals surface area contributed by atoms with Crippen LogP contribution in [0.25, 0.3) is 0 Å². The summed E-state index contributed by atoms with van der Waals surface area (Å²) >= 11 is 0. The van der Waals surface area contributed by atoms with Crippen LogP contribution in [0, 0.1) is 11.7 Å². The topological polar surface area (TPSA) is 23.5 Å². The zero-order chi connectivity index (χ0) is 15.2. The summed E-state index contributed by atoms with van der Waals surface area (Å²) in [5.41, 5.74) is 1.60. The Morgan fingerprint density at radius 3 is 2.33 bits per heavy atom. The number of aliphatic hydroxyl groups is 1. The highest BCUT2D eigenvalue weighted by atomic mass is 19.1. The predicted octanol–water partition coefficient (Wildman–Crippen LogP) is 3.63. The van der Waals surface area contributed by atoms with Crippen molar-refractivity contribution in [3.63, 3.8) is 0 Å². The van der Waals surface area contributed by atoms with Gasteiger partial charge in [0.1, 0.15) is 5.82 Å². The predicted molar refractivity (Wildman–Crippen MR) is 83.3 cm³/mol. The second-order valence-corrected chi connectivity index (χ2v) is 5.63. The Hall–Kier alpha value is -1.71. The van der Waals surface area contributed by atoms with Crippen LogP contribution >= 0.6 is 0 Å². The van der Waals surface area contributed by atoms with E-state index in [0.29, 0.717) is 12.1 Å². The van der Waals surface area contributed by atoms with Gasteiger partial charge in [0.15, 0.2) is 0 Å². The molecule has 0 amide bonds. The van der Waals surface area contributed by atoms with Gasteiger partial charge in [0.25, 0.3) is 0 Å². The Morgan fingerprint density at radius 2 is 1.67 bits per heavy atom. The lowest BCUT2D eigenvalue weighted by Crippen LogP contribution is -2.27. The quantitative estimate of drug-likeness (QED) is 0.877. The SMILES string of the molecule is CC(CN(C)Cc1ccccc1)C(O)c1ccccc1F. The van der Waals surface area contributed by atoms with Crippen molar-refractivity contribution in [2.24, 2.45) is 5.92 Å². The lowest BCUT2D eigenvalue weighted by atomic mass is 9.96. The van der Waals surface area contributed by atoms with Crippen LogP contribution in [-0.4, -0.2) is 23.6 Å². The number of benzene rings is 2. The number of rotatable bonds is 6. The standard InChI is InChI=1S/C18H22FNO/c1-14(18(21)16-10-6-7-11-17(16)19)12-20(2)13-15-8-4-3-5-9-15/h3-11,14,18,21H,12-13H2,1-2H3. The number of aliphatic hydroxyl groups excluding tert-OH is 1. The zero-order valence-corrected chi connectivity index (χ0v) is 12.5. The Kier molecular flexibility index (Phi) is 5.48. The monoisotopic (exact) mass is 287 g/mol. The number of nitrogens with zero attached hydrogens (tertiary/aromatic N) is 1. The van der Waals surface area contributed by atoms with Gasteiger partial charge in [-0.25, -0.2) is 4.39 Å². The van der Waals surface area contributed by atoms with E-state index < -0.39 is 6.10 Å². The molecule has 2 unspecified atom stereocenters. The van der Waals surface area contributed by atoms with Gasteiger partial charge in [-0.15, -0.1) is 0 Å². The van der Waals surface area contributed by atoms with E-state index in [1.165, 1.54) is 11.6 Å². The van der Waals surface area contributed by atoms with Gasteiger partial charge >= 0.3 is 0 Å². The molecule has 0 radical (unpaired) electrons. The molecule has 2 aromatic rings. The van der Waals surface area contributed by atoms with Gasteiger partial charge in [-0.1, -0.05) is 55.5 Å². The van der Waals surface area contributed by atoms with E-state index in [1.54, 1.807) is 18.2 Å². The maximum absolute atomic E-state index is 13.7. The van der Waals surface area contributed by atoms with Gasteiger partial charge in [0, 0.05) is 18.7 Å². The Morgan fingerprint density at radius 1 is 1.05 bits per heavy atom. The smallest absolute Gasteiger partial charge is 0.129 e. The van der Waals surface area contributed by atoms with E-state index in [-0.39, 0.29) is 11.7 Å². The summed E-state index contributed by atoms with van der Waals surface area (Å²) in [5.74, 6) is -0.391. The molecule has 0 spiro atoms. The fraction of sp³-hybridized carbons (Fsp3) is 0.333. The van der Waals surface area contributed by atoms with Gasteiger partial charge in [0.2, 0.25) is 0 Å². The van der Waals surface area contributed by atoms with E-state index >= 15 is 0 Å². The molecule has 2 rings (SSSR count). The van der Waals surface area contributed by atoms with E-state index in [2.05, 4.69) is 17.0 Å². The Bertz CT molecular complexity index is 558. The van der Waals surface area contributed by atoms with Gasteiger partial charge in [-0.3, -0.25) is 0 Å². The van der Waals surface area contributed by atoms with Crippen molar-refractivity contribution in [2.75, 3.05) is 13.6 Å². The van der Waals surface area contributed by atoms with E-state index in [9.17, 15) is 9.50 Å². The third-order valence-electron chi connectivity index (χ3n) is 3.66. The molecule has 0 saturated heterocycles. The highest BCUT2D eigenvalue weighted by Gasteiger charge is 2.20. The second-order valence-electron chi connectivity index (χ2n) is 5.63. The zero-order valence-electron chi connectivity index (χ0n) is 12.5. The maximum atomic E-state index is 13.7. The minimum absolute atomic E-state index is 0.0457. The minimum atomic E-state index is -0.788. The highest BCUT2D eigenvalue weighted by Crippen LogP contribution is 2.24. The molecule has 2 nitrogen and oxygen atoms in total. The van der Waals surface area contributed by atoms with Crippen molar-refractivity contribution in [3.05, 3.63) is 71.5 Å². The Labute approximate surface area is 125 Å². The average Bonchev–Trinajstić information content (AvgIpc) is 2.48. The largest absolute Gasteiger partial charge is 0.388 e. The number of halogens is 1. The van der Waals surface area contributed by atoms with Crippen LogP contribution in [0.4, 0.5) is 4.39 Å². The first-order valence-corrected chi connectivity index (χ1v) is 7.23. The molecule has 0 heterocycles. The summed E-state index contributed by atoms with van der Waals surface area (Å²) in [6, 6.07) is 16.6. The maximum Gasteiger partial charge on any atom is 0.129 e. The summed E-state index contributed by atoms with van der Waals surface area (Å²) in [6.07, 6.45) is -0.788. The van der Waals surface area contributed by atoms with Crippen LogP contribution in [-0.2, 0) is 6.54 Å². The first kappa shape index (κ1) is 15.7. The van der Waals surface area contributed by atoms with E-state index in [0.717, 1.165) is 6.54 Å². The second kappa shape index (κ2) is 7.34. The Balaban J connectivity index is 1.94. The van der Waals surface area contributed by atoms with Crippen molar-refractivity contribution in [2.45, 2.75) is 19.6 Å². The molecule has 0 aromatic heterocycles. The molecule has 112 valence electrons. The van der Waals surface area contributed by atoms with Gasteiger partial charge in [-0.05, 0) is 24.6 Å². The van der Waals surface area contributed by atoms with Crippen LogP contribution in [0.15, 0.2) is 54.6 Å². The summed E-state index contributed by atoms with van der Waals surface area (Å²) in [5, 5.41) is 10.3. The normalized spacial score (nSPS) is 14.1. The average molecular weight is 287 g/mol. The summed E-state index contributed by atoms with van der Waals surface area (Å²) < 4.78 is 13.7. The number of hydrogen-bond donors (Lipinski definition) is 1. The van der Waals surface area contributed by atoms with Crippen LogP contribution < -0.4 is 0 Å². The molecule has 3 heteroatoms. The molecular weight excluding hydrogens is 265 g/mol. The summed E-state index contributed by atoms with van der Waals surface area (Å²) in [6.45, 7) is 3.46. The van der Waals surface area contributed by atoms with Crippen LogP contribution in [0.5, 0.6) is 0 Å². The van der Waals surface area contributed by atoms with Crippen molar-refractivity contribution in [1.29, 1.82) is 0 Å². The van der Waals surface area contributed by atoms with Crippen molar-refractivity contribution in [1.82, 2.24) is 4.90 Å². The molecule has 1 N–H and O–H groups in total. The molecule has 0 bridgehead atoms. The van der Waals surface area contributed by atoms with Crippen LogP contribution in [0.1, 0.15) is 24.2 Å². The molecule has 21 heavy (non-hydrogen) atoms. The van der Waals surface area contributed by atoms with Gasteiger partial charge in [-0.2, -0.15) is 0 Å². The van der Waals surface area contributed by atoms with E-state index in [1.807, 2.05) is 32.2 Å². The third-order valence-corrected chi connectivity index (χ3v) is 3.66. The molecule has 0 fully saturated rings.